The Balaban J connectivity index is 1.85. The minimum absolute atomic E-state index is 0.0350. The summed E-state index contributed by atoms with van der Waals surface area (Å²) in [5, 5.41) is 1.27. The number of aryl methyl sites for hydroxylation is 1. The molecular formula is C21H24N2O5S2. The molecule has 0 radical (unpaired) electrons. The van der Waals surface area contributed by atoms with E-state index in [9.17, 15) is 16.8 Å². The van der Waals surface area contributed by atoms with Gasteiger partial charge in [0.05, 0.1) is 16.4 Å². The lowest BCUT2D eigenvalue weighted by Gasteiger charge is -2.27. The normalized spacial score (nSPS) is 13.6. The first-order valence-electron chi connectivity index (χ1n) is 9.47. The molecule has 1 atom stereocenters. The first-order valence-corrected chi connectivity index (χ1v) is 12.3. The molecule has 0 amide bonds. The highest BCUT2D eigenvalue weighted by Crippen LogP contribution is 2.26. The number of hydrogen-bond acceptors (Lipinski definition) is 6. The Kier molecular flexibility index (Phi) is 6.56. The molecule has 1 heterocycles. The molecule has 9 heteroatoms. The molecule has 0 bridgehead atoms. The van der Waals surface area contributed by atoms with E-state index in [0.29, 0.717) is 10.8 Å². The maximum absolute atomic E-state index is 13.4. The number of rotatable bonds is 8. The molecule has 0 fully saturated rings. The van der Waals surface area contributed by atoms with Gasteiger partial charge in [-0.15, -0.1) is 0 Å². The molecule has 0 aliphatic carbocycles. The van der Waals surface area contributed by atoms with Gasteiger partial charge in [-0.3, -0.25) is 9.17 Å². The number of benzene rings is 2. The smallest absolute Gasteiger partial charge is 0.265 e. The molecule has 3 aromatic rings. The van der Waals surface area contributed by atoms with Crippen molar-refractivity contribution in [1.29, 1.82) is 0 Å². The minimum Gasteiger partial charge on any atom is -0.265 e. The Morgan fingerprint density at radius 2 is 1.73 bits per heavy atom. The maximum atomic E-state index is 13.4. The predicted octanol–water partition coefficient (Wildman–Crippen LogP) is 3.35. The Morgan fingerprint density at radius 1 is 1.03 bits per heavy atom. The summed E-state index contributed by atoms with van der Waals surface area (Å²) in [5.74, 6) is 0. The first-order chi connectivity index (χ1) is 14.2. The van der Waals surface area contributed by atoms with Crippen LogP contribution >= 0.6 is 0 Å². The van der Waals surface area contributed by atoms with Crippen molar-refractivity contribution in [2.45, 2.75) is 36.6 Å². The summed E-state index contributed by atoms with van der Waals surface area (Å²) in [7, 11) is -7.87. The summed E-state index contributed by atoms with van der Waals surface area (Å²) in [5.41, 5.74) is 0.927. The third-order valence-corrected chi connectivity index (χ3v) is 8.25. The van der Waals surface area contributed by atoms with E-state index in [1.807, 2.05) is 6.92 Å². The van der Waals surface area contributed by atoms with E-state index in [-0.39, 0.29) is 22.9 Å². The van der Waals surface area contributed by atoms with Gasteiger partial charge in [0, 0.05) is 35.8 Å². The summed E-state index contributed by atoms with van der Waals surface area (Å²) in [4.78, 5) is 4.22. The summed E-state index contributed by atoms with van der Waals surface area (Å²) in [6.45, 7) is 5.05. The Labute approximate surface area is 177 Å². The highest BCUT2D eigenvalue weighted by atomic mass is 32.2. The fraction of sp³-hybridized carbons (Fsp3) is 0.286. The van der Waals surface area contributed by atoms with Crippen LogP contribution in [-0.4, -0.2) is 45.3 Å². The molecule has 0 N–H and O–H groups in total. The molecular weight excluding hydrogens is 424 g/mol. The van der Waals surface area contributed by atoms with Crippen LogP contribution in [0.2, 0.25) is 0 Å². The van der Waals surface area contributed by atoms with Crippen molar-refractivity contribution < 1.29 is 21.0 Å². The largest absolute Gasteiger partial charge is 0.297 e. The first kappa shape index (κ1) is 22.4. The fourth-order valence-electron chi connectivity index (χ4n) is 3.21. The van der Waals surface area contributed by atoms with Crippen LogP contribution in [0.3, 0.4) is 0 Å². The third kappa shape index (κ3) is 4.54. The van der Waals surface area contributed by atoms with Crippen LogP contribution in [-0.2, 0) is 24.3 Å². The van der Waals surface area contributed by atoms with Gasteiger partial charge in [0.1, 0.15) is 0 Å². The predicted molar refractivity (Wildman–Crippen MR) is 115 cm³/mol. The van der Waals surface area contributed by atoms with Gasteiger partial charge in [0.15, 0.2) is 0 Å². The second-order valence-electron chi connectivity index (χ2n) is 6.96. The van der Waals surface area contributed by atoms with Gasteiger partial charge in [-0.25, -0.2) is 8.42 Å². The third-order valence-electron chi connectivity index (χ3n) is 4.80. The van der Waals surface area contributed by atoms with E-state index >= 15 is 0 Å². The Bertz CT molecular complexity index is 1230. The average Bonchev–Trinajstić information content (AvgIpc) is 2.72. The maximum Gasteiger partial charge on any atom is 0.297 e. The van der Waals surface area contributed by atoms with Gasteiger partial charge >= 0.3 is 0 Å². The molecule has 1 aromatic heterocycles. The number of aromatic nitrogens is 1. The van der Waals surface area contributed by atoms with Crippen molar-refractivity contribution in [2.75, 3.05) is 13.2 Å². The van der Waals surface area contributed by atoms with Gasteiger partial charge in [-0.1, -0.05) is 36.8 Å². The Morgan fingerprint density at radius 3 is 2.40 bits per heavy atom. The highest BCUT2D eigenvalue weighted by molar-refractivity contribution is 7.89. The zero-order valence-corrected chi connectivity index (χ0v) is 18.7. The Hall–Kier alpha value is -2.33. The van der Waals surface area contributed by atoms with Gasteiger partial charge < -0.3 is 0 Å². The van der Waals surface area contributed by atoms with Gasteiger partial charge in [-0.2, -0.15) is 12.7 Å². The van der Waals surface area contributed by atoms with Crippen molar-refractivity contribution in [3.63, 3.8) is 0 Å². The SMILES string of the molecule is CCN(C(C)COS(=O)(=O)c1ccc(C)cc1)S(=O)(=O)c1cccc2cnccc12. The van der Waals surface area contributed by atoms with Gasteiger partial charge in [0.25, 0.3) is 10.1 Å². The van der Waals surface area contributed by atoms with Crippen molar-refractivity contribution >= 4 is 30.9 Å². The summed E-state index contributed by atoms with van der Waals surface area (Å²) in [6, 6.07) is 12.2. The molecule has 160 valence electrons. The van der Waals surface area contributed by atoms with Crippen LogP contribution in [0, 0.1) is 6.92 Å². The van der Waals surface area contributed by atoms with Gasteiger partial charge in [0.2, 0.25) is 10.0 Å². The second kappa shape index (κ2) is 8.81. The van der Waals surface area contributed by atoms with Crippen LogP contribution in [0.4, 0.5) is 0 Å². The van der Waals surface area contributed by atoms with E-state index in [0.717, 1.165) is 5.56 Å². The van der Waals surface area contributed by atoms with Gasteiger partial charge in [-0.05, 0) is 38.1 Å². The lowest BCUT2D eigenvalue weighted by Crippen LogP contribution is -2.41. The van der Waals surface area contributed by atoms with Crippen molar-refractivity contribution in [1.82, 2.24) is 9.29 Å². The number of likely N-dealkylation sites (N-methyl/N-ethyl adjacent to an activating group) is 1. The molecule has 0 saturated heterocycles. The van der Waals surface area contributed by atoms with E-state index in [1.165, 1.54) is 22.5 Å². The van der Waals surface area contributed by atoms with Crippen LogP contribution in [0.25, 0.3) is 10.8 Å². The number of hydrogen-bond donors (Lipinski definition) is 0. The quantitative estimate of drug-likeness (QED) is 0.491. The molecule has 0 aliphatic rings. The number of nitrogens with zero attached hydrogens (tertiary/aromatic N) is 2. The minimum atomic E-state index is -3.99. The van der Waals surface area contributed by atoms with E-state index in [1.54, 1.807) is 56.6 Å². The lowest BCUT2D eigenvalue weighted by molar-refractivity contribution is 0.224. The van der Waals surface area contributed by atoms with Crippen LogP contribution in [0.5, 0.6) is 0 Å². The summed E-state index contributed by atoms with van der Waals surface area (Å²) in [6.07, 6.45) is 3.14. The van der Waals surface area contributed by atoms with Crippen LogP contribution in [0.1, 0.15) is 19.4 Å². The summed E-state index contributed by atoms with van der Waals surface area (Å²) >= 11 is 0. The standard InChI is InChI=1S/C21H24N2O5S2/c1-4-23(17(3)15-28-30(26,27)19-10-8-16(2)9-11-19)29(24,25)21-7-5-6-18-14-22-13-12-20(18)21/h5-14,17H,4,15H2,1-3H3. The van der Waals surface area contributed by atoms with Crippen LogP contribution in [0.15, 0.2) is 70.7 Å². The second-order valence-corrected chi connectivity index (χ2v) is 10.4. The van der Waals surface area contributed by atoms with E-state index in [4.69, 9.17) is 4.18 Å². The molecule has 0 aliphatic heterocycles. The van der Waals surface area contributed by atoms with Crippen molar-refractivity contribution in [3.05, 3.63) is 66.5 Å². The molecule has 1 unspecified atom stereocenters. The van der Waals surface area contributed by atoms with E-state index < -0.39 is 26.2 Å². The topological polar surface area (TPSA) is 93.6 Å². The van der Waals surface area contributed by atoms with Crippen molar-refractivity contribution in [2.24, 2.45) is 0 Å². The molecule has 2 aromatic carbocycles. The molecule has 7 nitrogen and oxygen atoms in total. The van der Waals surface area contributed by atoms with Crippen LogP contribution < -0.4 is 0 Å². The molecule has 3 rings (SSSR count). The lowest BCUT2D eigenvalue weighted by atomic mass is 10.2. The number of sulfonamides is 1. The monoisotopic (exact) mass is 448 g/mol. The molecule has 0 saturated carbocycles. The fourth-order valence-corrected chi connectivity index (χ4v) is 6.03. The average molecular weight is 449 g/mol. The van der Waals surface area contributed by atoms with E-state index in [2.05, 4.69) is 4.98 Å². The molecule has 0 spiro atoms. The zero-order valence-electron chi connectivity index (χ0n) is 17.0. The molecule has 30 heavy (non-hydrogen) atoms. The summed E-state index contributed by atoms with van der Waals surface area (Å²) < 4.78 is 58.0. The number of pyridine rings is 1. The zero-order chi connectivity index (χ0) is 21.9. The van der Waals surface area contributed by atoms with Crippen molar-refractivity contribution in [3.8, 4) is 0 Å². The number of fused-ring (bicyclic) bond motifs is 1. The highest BCUT2D eigenvalue weighted by Gasteiger charge is 2.30.